The minimum Gasteiger partial charge on any atom is -0.355 e. The van der Waals surface area contributed by atoms with Gasteiger partial charge in [-0.25, -0.2) is 15.0 Å². The van der Waals surface area contributed by atoms with Crippen molar-refractivity contribution < 1.29 is 0 Å². The van der Waals surface area contributed by atoms with Crippen molar-refractivity contribution in [1.82, 2.24) is 15.0 Å². The molecule has 0 saturated carbocycles. The Bertz CT molecular complexity index is 556. The first-order valence-corrected chi connectivity index (χ1v) is 7.72. The molecule has 0 N–H and O–H groups in total. The molecule has 0 radical (unpaired) electrons. The topological polar surface area (TPSA) is 45.2 Å². The van der Waals surface area contributed by atoms with Crippen LogP contribution in [-0.2, 0) is 0 Å². The number of nitrogens with zero attached hydrogens (tertiary/aromatic N) is 5. The molecule has 2 aromatic rings. The SMILES string of the molecule is Cc1cnc(N2CCCC(N(C)c3ccncn3)C2)s1. The molecule has 6 heteroatoms. The van der Waals surface area contributed by atoms with E-state index in [-0.39, 0.29) is 0 Å². The van der Waals surface area contributed by atoms with Crippen LogP contribution in [0.5, 0.6) is 0 Å². The van der Waals surface area contributed by atoms with Gasteiger partial charge < -0.3 is 9.80 Å². The Labute approximate surface area is 123 Å². The Morgan fingerprint density at radius 2 is 2.30 bits per heavy atom. The Kier molecular flexibility index (Phi) is 3.82. The van der Waals surface area contributed by atoms with Gasteiger partial charge in [-0.2, -0.15) is 0 Å². The summed E-state index contributed by atoms with van der Waals surface area (Å²) in [6.45, 7) is 4.21. The molecule has 1 aliphatic rings. The lowest BCUT2D eigenvalue weighted by atomic mass is 10.1. The zero-order valence-electron chi connectivity index (χ0n) is 11.9. The van der Waals surface area contributed by atoms with E-state index in [0.717, 1.165) is 24.0 Å². The first kappa shape index (κ1) is 13.3. The number of aromatic nitrogens is 3. The lowest BCUT2D eigenvalue weighted by Gasteiger charge is -2.38. The van der Waals surface area contributed by atoms with E-state index in [4.69, 9.17) is 0 Å². The summed E-state index contributed by atoms with van der Waals surface area (Å²) in [5, 5.41) is 1.14. The van der Waals surface area contributed by atoms with Gasteiger partial charge in [-0.1, -0.05) is 0 Å². The van der Waals surface area contributed by atoms with Crippen LogP contribution in [0, 0.1) is 6.92 Å². The van der Waals surface area contributed by atoms with E-state index >= 15 is 0 Å². The molecule has 0 aromatic carbocycles. The summed E-state index contributed by atoms with van der Waals surface area (Å²) in [5.74, 6) is 0.988. The van der Waals surface area contributed by atoms with Gasteiger partial charge in [-0.15, -0.1) is 11.3 Å². The van der Waals surface area contributed by atoms with Crippen molar-refractivity contribution in [2.24, 2.45) is 0 Å². The molecule has 3 rings (SSSR count). The molecular formula is C14H19N5S. The van der Waals surface area contributed by atoms with Gasteiger partial charge >= 0.3 is 0 Å². The second-order valence-electron chi connectivity index (χ2n) is 5.17. The summed E-state index contributed by atoms with van der Waals surface area (Å²) in [6.07, 6.45) is 7.75. The molecule has 5 nitrogen and oxygen atoms in total. The summed E-state index contributed by atoms with van der Waals surface area (Å²) in [5.41, 5.74) is 0. The van der Waals surface area contributed by atoms with Crippen LogP contribution in [-0.4, -0.2) is 41.1 Å². The quantitative estimate of drug-likeness (QED) is 0.868. The monoisotopic (exact) mass is 289 g/mol. The number of anilines is 2. The maximum absolute atomic E-state index is 4.51. The van der Waals surface area contributed by atoms with Gasteiger partial charge in [-0.3, -0.25) is 0 Å². The fourth-order valence-electron chi connectivity index (χ4n) is 2.61. The number of thiazole rings is 1. The van der Waals surface area contributed by atoms with E-state index in [0.29, 0.717) is 6.04 Å². The van der Waals surface area contributed by atoms with Crippen molar-refractivity contribution in [2.45, 2.75) is 25.8 Å². The van der Waals surface area contributed by atoms with Gasteiger partial charge in [0, 0.05) is 43.4 Å². The van der Waals surface area contributed by atoms with Crippen LogP contribution < -0.4 is 9.80 Å². The molecule has 106 valence electrons. The van der Waals surface area contributed by atoms with Crippen LogP contribution in [0.3, 0.4) is 0 Å². The molecule has 20 heavy (non-hydrogen) atoms. The fourth-order valence-corrected chi connectivity index (χ4v) is 3.41. The van der Waals surface area contributed by atoms with Crippen molar-refractivity contribution in [1.29, 1.82) is 0 Å². The van der Waals surface area contributed by atoms with Crippen LogP contribution in [0.4, 0.5) is 10.9 Å². The molecule has 2 aromatic heterocycles. The van der Waals surface area contributed by atoms with Gasteiger partial charge in [0.1, 0.15) is 12.1 Å². The highest BCUT2D eigenvalue weighted by Gasteiger charge is 2.25. The number of hydrogen-bond donors (Lipinski definition) is 0. The minimum atomic E-state index is 0.475. The minimum absolute atomic E-state index is 0.475. The van der Waals surface area contributed by atoms with Crippen molar-refractivity contribution in [3.8, 4) is 0 Å². The highest BCUT2D eigenvalue weighted by molar-refractivity contribution is 7.15. The van der Waals surface area contributed by atoms with Crippen molar-refractivity contribution in [3.63, 3.8) is 0 Å². The molecule has 0 bridgehead atoms. The summed E-state index contributed by atoms with van der Waals surface area (Å²) in [6, 6.07) is 2.44. The zero-order valence-corrected chi connectivity index (χ0v) is 12.7. The molecule has 0 aliphatic carbocycles. The molecular weight excluding hydrogens is 270 g/mol. The van der Waals surface area contributed by atoms with Crippen LogP contribution in [0.1, 0.15) is 17.7 Å². The number of piperidine rings is 1. The van der Waals surface area contributed by atoms with Gasteiger partial charge in [0.05, 0.1) is 0 Å². The van der Waals surface area contributed by atoms with Gasteiger partial charge in [0.2, 0.25) is 0 Å². The largest absolute Gasteiger partial charge is 0.355 e. The number of aryl methyl sites for hydroxylation is 1. The Balaban J connectivity index is 1.72. The van der Waals surface area contributed by atoms with Crippen molar-refractivity contribution in [2.75, 3.05) is 29.9 Å². The van der Waals surface area contributed by atoms with Gasteiger partial charge in [0.25, 0.3) is 0 Å². The predicted octanol–water partition coefficient (Wildman–Crippen LogP) is 2.35. The van der Waals surface area contributed by atoms with Crippen LogP contribution in [0.2, 0.25) is 0 Å². The van der Waals surface area contributed by atoms with Gasteiger partial charge in [-0.05, 0) is 25.8 Å². The van der Waals surface area contributed by atoms with Crippen LogP contribution in [0.25, 0.3) is 0 Å². The standard InChI is InChI=1S/C14H19N5S/c1-11-8-16-14(20-11)19-7-3-4-12(9-19)18(2)13-5-6-15-10-17-13/h5-6,8,10,12H,3-4,7,9H2,1-2H3. The first-order valence-electron chi connectivity index (χ1n) is 6.90. The average Bonchev–Trinajstić information content (AvgIpc) is 2.94. The Morgan fingerprint density at radius 3 is 3.00 bits per heavy atom. The molecule has 1 fully saturated rings. The van der Waals surface area contributed by atoms with E-state index in [9.17, 15) is 0 Å². The van der Waals surface area contributed by atoms with E-state index in [1.807, 2.05) is 12.3 Å². The summed E-state index contributed by atoms with van der Waals surface area (Å²) in [4.78, 5) is 18.7. The van der Waals surface area contributed by atoms with E-state index in [1.54, 1.807) is 23.9 Å². The fraction of sp³-hybridized carbons (Fsp3) is 0.500. The van der Waals surface area contributed by atoms with Gasteiger partial charge in [0.15, 0.2) is 5.13 Å². The molecule has 1 atom stereocenters. The Hall–Kier alpha value is -1.69. The van der Waals surface area contributed by atoms with Crippen LogP contribution in [0.15, 0.2) is 24.8 Å². The Morgan fingerprint density at radius 1 is 1.40 bits per heavy atom. The summed E-state index contributed by atoms with van der Waals surface area (Å²) >= 11 is 1.77. The maximum Gasteiger partial charge on any atom is 0.185 e. The lowest BCUT2D eigenvalue weighted by Crippen LogP contribution is -2.47. The van der Waals surface area contributed by atoms with E-state index in [1.165, 1.54) is 17.7 Å². The van der Waals surface area contributed by atoms with Crippen LogP contribution >= 0.6 is 11.3 Å². The van der Waals surface area contributed by atoms with Crippen molar-refractivity contribution >= 4 is 22.3 Å². The first-order chi connectivity index (χ1) is 9.74. The third kappa shape index (κ3) is 2.75. The number of rotatable bonds is 3. The lowest BCUT2D eigenvalue weighted by molar-refractivity contribution is 0.485. The summed E-state index contributed by atoms with van der Waals surface area (Å²) in [7, 11) is 2.11. The molecule has 0 spiro atoms. The molecule has 1 aliphatic heterocycles. The third-order valence-electron chi connectivity index (χ3n) is 3.75. The predicted molar refractivity (Wildman–Crippen MR) is 82.5 cm³/mol. The zero-order chi connectivity index (χ0) is 13.9. The second-order valence-corrected chi connectivity index (χ2v) is 6.39. The van der Waals surface area contributed by atoms with E-state index in [2.05, 4.69) is 38.7 Å². The second kappa shape index (κ2) is 5.75. The molecule has 1 unspecified atom stereocenters. The average molecular weight is 289 g/mol. The third-order valence-corrected chi connectivity index (χ3v) is 4.73. The van der Waals surface area contributed by atoms with E-state index < -0.39 is 0 Å². The molecule has 1 saturated heterocycles. The van der Waals surface area contributed by atoms with Crippen molar-refractivity contribution in [3.05, 3.63) is 29.7 Å². The number of likely N-dealkylation sites (N-methyl/N-ethyl adjacent to an activating group) is 1. The maximum atomic E-state index is 4.51. The number of hydrogen-bond acceptors (Lipinski definition) is 6. The molecule has 0 amide bonds. The highest BCUT2D eigenvalue weighted by Crippen LogP contribution is 2.27. The molecule has 3 heterocycles. The highest BCUT2D eigenvalue weighted by atomic mass is 32.1. The smallest absolute Gasteiger partial charge is 0.185 e. The summed E-state index contributed by atoms with van der Waals surface area (Å²) < 4.78 is 0. The normalized spacial score (nSPS) is 19.1.